The van der Waals surface area contributed by atoms with Crippen molar-refractivity contribution in [1.82, 2.24) is 15.0 Å². The van der Waals surface area contributed by atoms with E-state index in [9.17, 15) is 13.2 Å². The van der Waals surface area contributed by atoms with Crippen LogP contribution in [0.3, 0.4) is 0 Å². The molecule has 2 heterocycles. The van der Waals surface area contributed by atoms with Crippen LogP contribution in [0, 0.1) is 0 Å². The van der Waals surface area contributed by atoms with Gasteiger partial charge in [-0.1, -0.05) is 24.3 Å². The number of nitrogens with one attached hydrogen (secondary N) is 1. The summed E-state index contributed by atoms with van der Waals surface area (Å²) in [5, 5.41) is 5.12. The summed E-state index contributed by atoms with van der Waals surface area (Å²) in [7, 11) is 1.46. The number of rotatable bonds is 4. The normalized spacial score (nSPS) is 11.4. The van der Waals surface area contributed by atoms with Crippen molar-refractivity contribution >= 4 is 22.3 Å². The minimum absolute atomic E-state index is 0.332. The fraction of sp³-hybridized carbons (Fsp3) is 0.0952. The molecule has 0 radical (unpaired) electrons. The van der Waals surface area contributed by atoms with Crippen molar-refractivity contribution in [3.8, 4) is 17.0 Å². The summed E-state index contributed by atoms with van der Waals surface area (Å²) in [5.41, 5.74) is 0.945. The average molecular weight is 396 g/mol. The molecule has 4 aromatic rings. The molecule has 0 saturated carbocycles. The Labute approximate surface area is 164 Å². The van der Waals surface area contributed by atoms with Gasteiger partial charge < -0.3 is 10.1 Å². The van der Waals surface area contributed by atoms with E-state index in [2.05, 4.69) is 20.3 Å². The fourth-order valence-electron chi connectivity index (χ4n) is 3.04. The zero-order chi connectivity index (χ0) is 20.4. The van der Waals surface area contributed by atoms with Crippen molar-refractivity contribution in [2.45, 2.75) is 6.18 Å². The Morgan fingerprint density at radius 3 is 2.48 bits per heavy atom. The van der Waals surface area contributed by atoms with E-state index in [1.165, 1.54) is 25.6 Å². The molecule has 0 bridgehead atoms. The summed E-state index contributed by atoms with van der Waals surface area (Å²) in [6, 6.07) is 12.4. The van der Waals surface area contributed by atoms with Crippen LogP contribution in [0.5, 0.6) is 5.75 Å². The van der Waals surface area contributed by atoms with Gasteiger partial charge in [0.1, 0.15) is 12.0 Å². The Morgan fingerprint density at radius 2 is 1.76 bits per heavy atom. The number of benzene rings is 2. The van der Waals surface area contributed by atoms with E-state index in [0.717, 1.165) is 28.6 Å². The lowest BCUT2D eigenvalue weighted by atomic mass is 10.1. The largest absolute Gasteiger partial charge is 0.491 e. The molecule has 0 spiro atoms. The molecule has 0 fully saturated rings. The van der Waals surface area contributed by atoms with Crippen molar-refractivity contribution in [3.63, 3.8) is 0 Å². The summed E-state index contributed by atoms with van der Waals surface area (Å²) in [5.74, 6) is 0.736. The molecular formula is C21H15F3N4O. The van der Waals surface area contributed by atoms with Gasteiger partial charge in [0.05, 0.1) is 12.7 Å². The minimum atomic E-state index is -4.40. The van der Waals surface area contributed by atoms with Gasteiger partial charge >= 0.3 is 6.18 Å². The predicted octanol–water partition coefficient (Wildman–Crippen LogP) is 5.46. The molecule has 0 amide bonds. The van der Waals surface area contributed by atoms with Crippen molar-refractivity contribution in [3.05, 3.63) is 72.8 Å². The molecule has 29 heavy (non-hydrogen) atoms. The van der Waals surface area contributed by atoms with Gasteiger partial charge in [-0.2, -0.15) is 13.2 Å². The Kier molecular flexibility index (Phi) is 4.75. The van der Waals surface area contributed by atoms with Crippen LogP contribution in [0.1, 0.15) is 5.56 Å². The van der Waals surface area contributed by atoms with E-state index in [1.807, 2.05) is 24.3 Å². The minimum Gasteiger partial charge on any atom is -0.491 e. The molecule has 0 aliphatic carbocycles. The number of hydrogen-bond donors (Lipinski definition) is 1. The third kappa shape index (κ3) is 3.69. The van der Waals surface area contributed by atoms with Crippen LogP contribution in [0.2, 0.25) is 0 Å². The number of fused-ring (bicyclic) bond motifs is 1. The van der Waals surface area contributed by atoms with Crippen molar-refractivity contribution in [2.75, 3.05) is 12.4 Å². The van der Waals surface area contributed by atoms with E-state index in [0.29, 0.717) is 22.8 Å². The van der Waals surface area contributed by atoms with Crippen LogP contribution < -0.4 is 10.1 Å². The van der Waals surface area contributed by atoms with Crippen LogP contribution >= 0.6 is 0 Å². The molecule has 5 nitrogen and oxygen atoms in total. The number of aromatic nitrogens is 3. The van der Waals surface area contributed by atoms with E-state index in [-0.39, 0.29) is 0 Å². The van der Waals surface area contributed by atoms with Crippen molar-refractivity contribution < 1.29 is 17.9 Å². The Hall–Kier alpha value is -3.68. The molecule has 0 unspecified atom stereocenters. The lowest BCUT2D eigenvalue weighted by Gasteiger charge is -2.15. The highest BCUT2D eigenvalue weighted by molar-refractivity contribution is 5.95. The molecule has 1 N–H and O–H groups in total. The first kappa shape index (κ1) is 18.7. The number of pyridine rings is 1. The first-order chi connectivity index (χ1) is 14.0. The first-order valence-electron chi connectivity index (χ1n) is 8.64. The van der Waals surface area contributed by atoms with Crippen LogP contribution in [0.25, 0.3) is 22.0 Å². The van der Waals surface area contributed by atoms with Crippen LogP contribution in [0.4, 0.5) is 24.7 Å². The van der Waals surface area contributed by atoms with Crippen LogP contribution in [-0.2, 0) is 6.18 Å². The van der Waals surface area contributed by atoms with E-state index >= 15 is 0 Å². The molecule has 0 aliphatic rings. The molecule has 2 aromatic heterocycles. The topological polar surface area (TPSA) is 59.9 Å². The number of ether oxygens (including phenoxy) is 1. The SMILES string of the molecule is COc1c(Nc2cccc3cnccc23)ncnc1-c1ccc(C(F)(F)F)cc1. The number of alkyl halides is 3. The fourth-order valence-corrected chi connectivity index (χ4v) is 3.04. The maximum Gasteiger partial charge on any atom is 0.416 e. The van der Waals surface area contributed by atoms with E-state index in [4.69, 9.17) is 4.74 Å². The standard InChI is InChI=1S/C21H15F3N4O/c1-29-19-18(13-5-7-15(8-6-13)21(22,23)24)26-12-27-20(19)28-17-4-2-3-14-11-25-10-9-16(14)17/h2-12H,1H3,(H,26,27,28). The van der Waals surface area contributed by atoms with E-state index < -0.39 is 11.7 Å². The molecule has 8 heteroatoms. The molecule has 4 rings (SSSR count). The highest BCUT2D eigenvalue weighted by Crippen LogP contribution is 2.37. The van der Waals surface area contributed by atoms with Gasteiger partial charge in [-0.3, -0.25) is 4.98 Å². The average Bonchev–Trinajstić information content (AvgIpc) is 2.73. The van der Waals surface area contributed by atoms with Gasteiger partial charge in [0.25, 0.3) is 0 Å². The van der Waals surface area contributed by atoms with Gasteiger partial charge in [0, 0.05) is 34.4 Å². The summed E-state index contributed by atoms with van der Waals surface area (Å²) < 4.78 is 44.0. The highest BCUT2D eigenvalue weighted by Gasteiger charge is 2.30. The van der Waals surface area contributed by atoms with Gasteiger partial charge in [-0.25, -0.2) is 9.97 Å². The number of anilines is 2. The lowest BCUT2D eigenvalue weighted by Crippen LogP contribution is -2.05. The second-order valence-electron chi connectivity index (χ2n) is 6.21. The quantitative estimate of drug-likeness (QED) is 0.496. The Morgan fingerprint density at radius 1 is 0.966 bits per heavy atom. The number of methoxy groups -OCH3 is 1. The molecule has 0 atom stereocenters. The molecule has 0 aliphatic heterocycles. The summed E-state index contributed by atoms with van der Waals surface area (Å²) in [4.78, 5) is 12.6. The number of hydrogen-bond acceptors (Lipinski definition) is 5. The second-order valence-corrected chi connectivity index (χ2v) is 6.21. The van der Waals surface area contributed by atoms with Gasteiger partial charge in [0.2, 0.25) is 0 Å². The third-order valence-corrected chi connectivity index (χ3v) is 4.43. The van der Waals surface area contributed by atoms with Crippen LogP contribution in [0.15, 0.2) is 67.3 Å². The Bertz CT molecular complexity index is 1160. The van der Waals surface area contributed by atoms with Gasteiger partial charge in [-0.05, 0) is 24.3 Å². The highest BCUT2D eigenvalue weighted by atomic mass is 19.4. The lowest BCUT2D eigenvalue weighted by molar-refractivity contribution is -0.137. The number of halogens is 3. The smallest absolute Gasteiger partial charge is 0.416 e. The Balaban J connectivity index is 1.75. The van der Waals surface area contributed by atoms with Crippen LogP contribution in [-0.4, -0.2) is 22.1 Å². The summed E-state index contributed by atoms with van der Waals surface area (Å²) >= 11 is 0. The third-order valence-electron chi connectivity index (χ3n) is 4.43. The molecule has 2 aromatic carbocycles. The predicted molar refractivity (Wildman–Crippen MR) is 104 cm³/mol. The monoisotopic (exact) mass is 396 g/mol. The molecule has 146 valence electrons. The molecular weight excluding hydrogens is 381 g/mol. The van der Waals surface area contributed by atoms with Gasteiger partial charge in [0.15, 0.2) is 11.6 Å². The first-order valence-corrected chi connectivity index (χ1v) is 8.64. The zero-order valence-electron chi connectivity index (χ0n) is 15.2. The molecule has 0 saturated heterocycles. The zero-order valence-corrected chi connectivity index (χ0v) is 15.2. The maximum atomic E-state index is 12.8. The van der Waals surface area contributed by atoms with Gasteiger partial charge in [-0.15, -0.1) is 0 Å². The second kappa shape index (κ2) is 7.38. The van der Waals surface area contributed by atoms with Crippen molar-refractivity contribution in [1.29, 1.82) is 0 Å². The van der Waals surface area contributed by atoms with E-state index in [1.54, 1.807) is 12.4 Å². The summed E-state index contributed by atoms with van der Waals surface area (Å²) in [6.45, 7) is 0. The summed E-state index contributed by atoms with van der Waals surface area (Å²) in [6.07, 6.45) is 0.387. The number of nitrogens with zero attached hydrogens (tertiary/aromatic N) is 3. The maximum absolute atomic E-state index is 12.8. The van der Waals surface area contributed by atoms with Crippen molar-refractivity contribution in [2.24, 2.45) is 0 Å².